The van der Waals surface area contributed by atoms with Gasteiger partial charge < -0.3 is 9.64 Å². The lowest BCUT2D eigenvalue weighted by Gasteiger charge is -2.42. The van der Waals surface area contributed by atoms with Crippen LogP contribution < -0.4 is 9.64 Å². The number of alkyl halides is 3. The van der Waals surface area contributed by atoms with Crippen LogP contribution in [-0.4, -0.2) is 53.2 Å². The van der Waals surface area contributed by atoms with E-state index in [1.165, 1.54) is 0 Å². The topological polar surface area (TPSA) is 41.5 Å². The number of nitrogens with zero attached hydrogens (tertiary/aromatic N) is 4. The first-order valence-corrected chi connectivity index (χ1v) is 7.44. The normalized spacial score (nSPS) is 22.8. The summed E-state index contributed by atoms with van der Waals surface area (Å²) in [5.74, 6) is 0.425. The van der Waals surface area contributed by atoms with Gasteiger partial charge >= 0.3 is 6.18 Å². The summed E-state index contributed by atoms with van der Waals surface area (Å²) < 4.78 is 43.7. The molecule has 1 aromatic rings. The predicted molar refractivity (Wildman–Crippen MR) is 75.0 cm³/mol. The molecule has 1 aromatic heterocycles. The van der Waals surface area contributed by atoms with Gasteiger partial charge in [-0.15, -0.1) is 0 Å². The Morgan fingerprint density at radius 2 is 2.09 bits per heavy atom. The summed E-state index contributed by atoms with van der Waals surface area (Å²) in [6.45, 7) is 7.09. The van der Waals surface area contributed by atoms with Crippen molar-refractivity contribution in [3.8, 4) is 5.88 Å². The van der Waals surface area contributed by atoms with Crippen molar-refractivity contribution < 1.29 is 17.9 Å². The zero-order chi connectivity index (χ0) is 15.9. The van der Waals surface area contributed by atoms with Gasteiger partial charge in [0.25, 0.3) is 5.88 Å². The van der Waals surface area contributed by atoms with Gasteiger partial charge in [0.2, 0.25) is 0 Å². The Morgan fingerprint density at radius 1 is 1.32 bits per heavy atom. The third kappa shape index (κ3) is 2.84. The van der Waals surface area contributed by atoms with Gasteiger partial charge in [0.05, 0.1) is 12.8 Å². The zero-order valence-electron chi connectivity index (χ0n) is 12.6. The van der Waals surface area contributed by atoms with E-state index in [4.69, 9.17) is 4.74 Å². The summed E-state index contributed by atoms with van der Waals surface area (Å²) >= 11 is 0. The highest BCUT2D eigenvalue weighted by Crippen LogP contribution is 2.35. The maximum Gasteiger partial charge on any atom is 0.435 e. The molecule has 8 heteroatoms. The van der Waals surface area contributed by atoms with Crippen molar-refractivity contribution in [3.63, 3.8) is 0 Å². The number of anilines is 1. The Kier molecular flexibility index (Phi) is 3.88. The summed E-state index contributed by atoms with van der Waals surface area (Å²) in [6, 6.07) is 0.646. The molecule has 1 fully saturated rings. The largest absolute Gasteiger partial charge is 0.475 e. The molecule has 5 nitrogen and oxygen atoms in total. The van der Waals surface area contributed by atoms with Gasteiger partial charge in [-0.25, -0.2) is 9.97 Å². The molecule has 0 radical (unpaired) electrons. The molecule has 0 saturated carbocycles. The molecule has 122 valence electrons. The summed E-state index contributed by atoms with van der Waals surface area (Å²) in [5.41, 5.74) is -1.01. The van der Waals surface area contributed by atoms with Crippen molar-refractivity contribution in [1.29, 1.82) is 0 Å². The van der Waals surface area contributed by atoms with Crippen LogP contribution in [0.15, 0.2) is 6.20 Å². The highest BCUT2D eigenvalue weighted by molar-refractivity contribution is 5.51. The minimum Gasteiger partial charge on any atom is -0.475 e. The lowest BCUT2D eigenvalue weighted by atomic mass is 10.1. The molecule has 22 heavy (non-hydrogen) atoms. The summed E-state index contributed by atoms with van der Waals surface area (Å²) in [4.78, 5) is 12.0. The van der Waals surface area contributed by atoms with E-state index in [9.17, 15) is 13.2 Å². The Morgan fingerprint density at radius 3 is 2.77 bits per heavy atom. The van der Waals surface area contributed by atoms with Gasteiger partial charge in [-0.05, 0) is 13.8 Å². The van der Waals surface area contributed by atoms with Gasteiger partial charge in [-0.2, -0.15) is 13.2 Å². The maximum atomic E-state index is 12.8. The van der Waals surface area contributed by atoms with Gasteiger partial charge in [0.15, 0.2) is 11.5 Å². The number of aromatic nitrogens is 2. The van der Waals surface area contributed by atoms with E-state index in [1.807, 2.05) is 4.90 Å². The number of piperazine rings is 1. The lowest BCUT2D eigenvalue weighted by molar-refractivity contribution is -0.141. The lowest BCUT2D eigenvalue weighted by Crippen LogP contribution is -2.55. The first-order chi connectivity index (χ1) is 10.4. The molecular weight excluding hydrogens is 297 g/mol. The van der Waals surface area contributed by atoms with Gasteiger partial charge in [-0.3, -0.25) is 4.90 Å². The fourth-order valence-electron chi connectivity index (χ4n) is 2.96. The van der Waals surface area contributed by atoms with Crippen molar-refractivity contribution in [2.24, 2.45) is 0 Å². The van der Waals surface area contributed by atoms with Crippen LogP contribution in [0.2, 0.25) is 0 Å². The smallest absolute Gasteiger partial charge is 0.435 e. The summed E-state index contributed by atoms with van der Waals surface area (Å²) in [5, 5.41) is 0. The van der Waals surface area contributed by atoms with E-state index < -0.39 is 11.9 Å². The Bertz CT molecular complexity index is 549. The van der Waals surface area contributed by atoms with Crippen LogP contribution in [0.5, 0.6) is 5.88 Å². The molecule has 0 aromatic carbocycles. The van der Waals surface area contributed by atoms with E-state index in [2.05, 4.69) is 28.7 Å². The minimum absolute atomic E-state index is 0.00433. The average Bonchev–Trinajstić information content (AvgIpc) is 2.64. The predicted octanol–water partition coefficient (Wildman–Crippen LogP) is 2.18. The third-order valence-corrected chi connectivity index (χ3v) is 4.22. The van der Waals surface area contributed by atoms with Gasteiger partial charge in [0, 0.05) is 38.1 Å². The van der Waals surface area contributed by atoms with E-state index in [1.54, 1.807) is 0 Å². The van der Waals surface area contributed by atoms with E-state index in [-0.39, 0.29) is 11.9 Å². The Labute approximate surface area is 127 Å². The molecule has 0 amide bonds. The highest BCUT2D eigenvalue weighted by Gasteiger charge is 2.37. The summed E-state index contributed by atoms with van der Waals surface area (Å²) in [7, 11) is 0. The third-order valence-electron chi connectivity index (χ3n) is 4.22. The number of halogens is 3. The second kappa shape index (κ2) is 5.57. The van der Waals surface area contributed by atoms with Crippen LogP contribution >= 0.6 is 0 Å². The molecule has 0 aliphatic carbocycles. The molecule has 3 rings (SSSR count). The van der Waals surface area contributed by atoms with Crippen LogP contribution in [0.3, 0.4) is 0 Å². The molecule has 2 aliphatic rings. The highest BCUT2D eigenvalue weighted by atomic mass is 19.4. The Balaban J connectivity index is 1.89. The quantitative estimate of drug-likeness (QED) is 0.794. The average molecular weight is 316 g/mol. The van der Waals surface area contributed by atoms with Gasteiger partial charge in [-0.1, -0.05) is 0 Å². The second-order valence-electron chi connectivity index (χ2n) is 5.95. The van der Waals surface area contributed by atoms with Crippen molar-refractivity contribution in [2.75, 3.05) is 31.1 Å². The number of hydrogen-bond acceptors (Lipinski definition) is 5. The molecule has 2 aliphatic heterocycles. The fourth-order valence-corrected chi connectivity index (χ4v) is 2.96. The van der Waals surface area contributed by atoms with Crippen LogP contribution in [0.1, 0.15) is 26.0 Å². The van der Waals surface area contributed by atoms with Crippen LogP contribution in [0.25, 0.3) is 0 Å². The molecule has 0 unspecified atom stereocenters. The molecule has 0 N–H and O–H groups in total. The molecule has 3 heterocycles. The van der Waals surface area contributed by atoms with E-state index >= 15 is 0 Å². The van der Waals surface area contributed by atoms with Crippen molar-refractivity contribution in [1.82, 2.24) is 14.9 Å². The molecular formula is C14H19F3N4O. The zero-order valence-corrected chi connectivity index (χ0v) is 12.6. The monoisotopic (exact) mass is 316 g/mol. The first-order valence-electron chi connectivity index (χ1n) is 7.44. The van der Waals surface area contributed by atoms with Gasteiger partial charge in [0.1, 0.15) is 0 Å². The number of ether oxygens (including phenoxy) is 1. The standard InChI is InChI=1S/C14H19F3N4O/c1-9(2)20-4-5-21-10(8-20)3-6-22-13-12(21)18-7-11(19-13)14(15,16)17/h7,9-10H,3-6,8H2,1-2H3/t10-/m0/s1. The maximum absolute atomic E-state index is 12.8. The second-order valence-corrected chi connectivity index (χ2v) is 5.95. The summed E-state index contributed by atoms with van der Waals surface area (Å²) in [6.07, 6.45) is -2.96. The van der Waals surface area contributed by atoms with Crippen LogP contribution in [0, 0.1) is 0 Å². The van der Waals surface area contributed by atoms with Crippen molar-refractivity contribution in [3.05, 3.63) is 11.9 Å². The molecule has 0 spiro atoms. The van der Waals surface area contributed by atoms with Crippen LogP contribution in [0.4, 0.5) is 19.0 Å². The SMILES string of the molecule is CC(C)N1CCN2c3ncc(C(F)(F)F)nc3OCC[C@H]2C1. The number of rotatable bonds is 1. The number of hydrogen-bond donors (Lipinski definition) is 0. The molecule has 1 atom stereocenters. The van der Waals surface area contributed by atoms with E-state index in [0.29, 0.717) is 18.5 Å². The van der Waals surface area contributed by atoms with Crippen LogP contribution in [-0.2, 0) is 6.18 Å². The fraction of sp³-hybridized carbons (Fsp3) is 0.714. The van der Waals surface area contributed by atoms with Crippen molar-refractivity contribution >= 4 is 5.82 Å². The van der Waals surface area contributed by atoms with Crippen molar-refractivity contribution in [2.45, 2.75) is 38.5 Å². The van der Waals surface area contributed by atoms with E-state index in [0.717, 1.165) is 32.3 Å². The number of fused-ring (bicyclic) bond motifs is 3. The molecule has 0 bridgehead atoms. The minimum atomic E-state index is -4.51. The first kappa shape index (κ1) is 15.3. The molecule has 1 saturated heterocycles. The Hall–Kier alpha value is -1.57.